The molecule has 31 heavy (non-hydrogen) atoms. The molecule has 0 spiro atoms. The Morgan fingerprint density at radius 2 is 1.65 bits per heavy atom. The lowest BCUT2D eigenvalue weighted by Crippen LogP contribution is -2.25. The molecule has 1 amide bonds. The molecule has 0 atom stereocenters. The van der Waals surface area contributed by atoms with Gasteiger partial charge in [-0.3, -0.25) is 4.79 Å². The van der Waals surface area contributed by atoms with Gasteiger partial charge in [-0.05, 0) is 42.7 Å². The van der Waals surface area contributed by atoms with E-state index in [1.165, 1.54) is 31.2 Å². The van der Waals surface area contributed by atoms with Crippen molar-refractivity contribution in [2.75, 3.05) is 18.0 Å². The molecule has 0 fully saturated rings. The molecule has 4 heteroatoms. The summed E-state index contributed by atoms with van der Waals surface area (Å²) in [5.41, 5.74) is 3.39. The molecule has 0 aliphatic rings. The van der Waals surface area contributed by atoms with Gasteiger partial charge in [0.25, 0.3) is 5.91 Å². The molecule has 2 aromatic rings. The van der Waals surface area contributed by atoms with E-state index in [1.807, 2.05) is 36.4 Å². The summed E-state index contributed by atoms with van der Waals surface area (Å²) in [7, 11) is 0. The van der Waals surface area contributed by atoms with E-state index in [0.717, 1.165) is 37.2 Å². The van der Waals surface area contributed by atoms with Crippen LogP contribution in [0.3, 0.4) is 0 Å². The number of nitrogens with one attached hydrogen (secondary N) is 1. The SMILES string of the molecule is CCCCCCCCNC(=O)/C(C#N)=C\c1ccc(N(CC)Cc2ccccc2)cc1. The average molecular weight is 418 g/mol. The molecule has 2 rings (SSSR count). The van der Waals surface area contributed by atoms with E-state index in [2.05, 4.69) is 48.3 Å². The third-order valence-electron chi connectivity index (χ3n) is 5.35. The first-order valence-corrected chi connectivity index (χ1v) is 11.5. The van der Waals surface area contributed by atoms with Crippen molar-refractivity contribution in [1.82, 2.24) is 5.32 Å². The molecule has 164 valence electrons. The fraction of sp³-hybridized carbons (Fsp3) is 0.407. The van der Waals surface area contributed by atoms with Crippen molar-refractivity contribution in [3.63, 3.8) is 0 Å². The highest BCUT2D eigenvalue weighted by atomic mass is 16.1. The topological polar surface area (TPSA) is 56.1 Å². The smallest absolute Gasteiger partial charge is 0.261 e. The van der Waals surface area contributed by atoms with Gasteiger partial charge in [0, 0.05) is 25.3 Å². The zero-order chi connectivity index (χ0) is 22.3. The lowest BCUT2D eigenvalue weighted by atomic mass is 10.1. The van der Waals surface area contributed by atoms with E-state index in [9.17, 15) is 10.1 Å². The van der Waals surface area contributed by atoms with E-state index >= 15 is 0 Å². The third kappa shape index (κ3) is 8.68. The van der Waals surface area contributed by atoms with Gasteiger partial charge in [-0.1, -0.05) is 81.5 Å². The van der Waals surface area contributed by atoms with E-state index in [4.69, 9.17) is 0 Å². The first kappa shape index (κ1) is 24.2. The molecule has 0 aliphatic carbocycles. The van der Waals surface area contributed by atoms with Gasteiger partial charge in [0.1, 0.15) is 11.6 Å². The van der Waals surface area contributed by atoms with Gasteiger partial charge in [0.05, 0.1) is 0 Å². The fourth-order valence-electron chi connectivity index (χ4n) is 3.49. The second kappa shape index (κ2) is 14.0. The van der Waals surface area contributed by atoms with Crippen molar-refractivity contribution in [3.8, 4) is 6.07 Å². The Labute approximate surface area is 187 Å². The molecule has 2 aromatic carbocycles. The Balaban J connectivity index is 1.90. The van der Waals surface area contributed by atoms with Gasteiger partial charge in [-0.25, -0.2) is 0 Å². The quantitative estimate of drug-likeness (QED) is 0.243. The van der Waals surface area contributed by atoms with E-state index in [1.54, 1.807) is 6.08 Å². The third-order valence-corrected chi connectivity index (χ3v) is 5.35. The molecule has 4 nitrogen and oxygen atoms in total. The monoisotopic (exact) mass is 417 g/mol. The van der Waals surface area contributed by atoms with Crippen molar-refractivity contribution in [2.45, 2.75) is 58.9 Å². The normalized spacial score (nSPS) is 11.1. The van der Waals surface area contributed by atoms with Gasteiger partial charge >= 0.3 is 0 Å². The molecule has 0 aliphatic heterocycles. The number of nitrogens with zero attached hydrogens (tertiary/aromatic N) is 2. The highest BCUT2D eigenvalue weighted by Gasteiger charge is 2.09. The van der Waals surface area contributed by atoms with Crippen LogP contribution in [0.25, 0.3) is 6.08 Å². The van der Waals surface area contributed by atoms with Crippen LogP contribution in [0.5, 0.6) is 0 Å². The minimum Gasteiger partial charge on any atom is -0.367 e. The first-order valence-electron chi connectivity index (χ1n) is 11.5. The van der Waals surface area contributed by atoms with Crippen molar-refractivity contribution < 1.29 is 4.79 Å². The van der Waals surface area contributed by atoms with Crippen LogP contribution >= 0.6 is 0 Å². The van der Waals surface area contributed by atoms with Crippen LogP contribution in [0.15, 0.2) is 60.2 Å². The Morgan fingerprint density at radius 1 is 0.968 bits per heavy atom. The summed E-state index contributed by atoms with van der Waals surface area (Å²) in [5.74, 6) is -0.292. The number of nitriles is 1. The summed E-state index contributed by atoms with van der Waals surface area (Å²) >= 11 is 0. The van der Waals surface area contributed by atoms with E-state index in [-0.39, 0.29) is 11.5 Å². The number of hydrogen-bond acceptors (Lipinski definition) is 3. The van der Waals surface area contributed by atoms with Crippen molar-refractivity contribution in [3.05, 3.63) is 71.3 Å². The molecule has 0 saturated carbocycles. The van der Waals surface area contributed by atoms with Crippen LogP contribution in [-0.4, -0.2) is 19.0 Å². The largest absolute Gasteiger partial charge is 0.367 e. The molecule has 0 unspecified atom stereocenters. The number of carbonyl (C=O) groups is 1. The maximum atomic E-state index is 12.3. The highest BCUT2D eigenvalue weighted by molar-refractivity contribution is 6.01. The summed E-state index contributed by atoms with van der Waals surface area (Å²) in [6.07, 6.45) is 8.70. The lowest BCUT2D eigenvalue weighted by Gasteiger charge is -2.23. The average Bonchev–Trinajstić information content (AvgIpc) is 2.81. The van der Waals surface area contributed by atoms with Gasteiger partial charge in [0.15, 0.2) is 0 Å². The second-order valence-corrected chi connectivity index (χ2v) is 7.78. The van der Waals surface area contributed by atoms with Crippen LogP contribution < -0.4 is 10.2 Å². The first-order chi connectivity index (χ1) is 15.2. The summed E-state index contributed by atoms with van der Waals surface area (Å²) in [4.78, 5) is 14.6. The standard InChI is InChI=1S/C27H35N3O/c1-3-5-6-7-8-12-19-29-27(31)25(21-28)20-23-15-17-26(18-16-23)30(4-2)22-24-13-10-9-11-14-24/h9-11,13-18,20H,3-8,12,19,22H2,1-2H3,(H,29,31)/b25-20-. The molecule has 0 bridgehead atoms. The molecule has 0 heterocycles. The molecular weight excluding hydrogens is 382 g/mol. The van der Waals surface area contributed by atoms with Crippen LogP contribution in [0.4, 0.5) is 5.69 Å². The van der Waals surface area contributed by atoms with Gasteiger partial charge in [-0.2, -0.15) is 5.26 Å². The highest BCUT2D eigenvalue weighted by Crippen LogP contribution is 2.19. The maximum Gasteiger partial charge on any atom is 0.261 e. The summed E-state index contributed by atoms with van der Waals surface area (Å²) < 4.78 is 0. The summed E-state index contributed by atoms with van der Waals surface area (Å²) in [6.45, 7) is 6.70. The molecule has 0 saturated heterocycles. The number of anilines is 1. The molecular formula is C27H35N3O. The second-order valence-electron chi connectivity index (χ2n) is 7.78. The Hall–Kier alpha value is -3.06. The predicted octanol–water partition coefficient (Wildman–Crippen LogP) is 6.10. The van der Waals surface area contributed by atoms with Crippen molar-refractivity contribution in [1.29, 1.82) is 5.26 Å². The zero-order valence-electron chi connectivity index (χ0n) is 18.9. The van der Waals surface area contributed by atoms with Crippen molar-refractivity contribution >= 4 is 17.7 Å². The fourth-order valence-corrected chi connectivity index (χ4v) is 3.49. The summed E-state index contributed by atoms with van der Waals surface area (Å²) in [6, 6.07) is 20.4. The molecule has 0 aromatic heterocycles. The number of carbonyl (C=O) groups excluding carboxylic acids is 1. The van der Waals surface area contributed by atoms with Gasteiger partial charge < -0.3 is 10.2 Å². The Bertz CT molecular complexity index is 850. The summed E-state index contributed by atoms with van der Waals surface area (Å²) in [5, 5.41) is 12.3. The maximum absolute atomic E-state index is 12.3. The Kier molecular flexibility index (Phi) is 11.0. The van der Waals surface area contributed by atoms with E-state index in [0.29, 0.717) is 6.54 Å². The minimum absolute atomic E-state index is 0.148. The van der Waals surface area contributed by atoms with Gasteiger partial charge in [0.2, 0.25) is 0 Å². The zero-order valence-corrected chi connectivity index (χ0v) is 18.9. The number of hydrogen-bond donors (Lipinski definition) is 1. The predicted molar refractivity (Wildman–Crippen MR) is 130 cm³/mol. The number of unbranched alkanes of at least 4 members (excludes halogenated alkanes) is 5. The number of rotatable bonds is 13. The minimum atomic E-state index is -0.292. The lowest BCUT2D eigenvalue weighted by molar-refractivity contribution is -0.117. The Morgan fingerprint density at radius 3 is 2.29 bits per heavy atom. The van der Waals surface area contributed by atoms with Crippen LogP contribution in [-0.2, 0) is 11.3 Å². The van der Waals surface area contributed by atoms with E-state index < -0.39 is 0 Å². The number of amides is 1. The van der Waals surface area contributed by atoms with Crippen LogP contribution in [0.1, 0.15) is 63.5 Å². The van der Waals surface area contributed by atoms with Crippen LogP contribution in [0.2, 0.25) is 0 Å². The van der Waals surface area contributed by atoms with Crippen molar-refractivity contribution in [2.24, 2.45) is 0 Å². The van der Waals surface area contributed by atoms with Gasteiger partial charge in [-0.15, -0.1) is 0 Å². The number of benzene rings is 2. The van der Waals surface area contributed by atoms with Crippen LogP contribution in [0, 0.1) is 11.3 Å². The molecule has 1 N–H and O–H groups in total. The molecule has 0 radical (unpaired) electrons.